The lowest BCUT2D eigenvalue weighted by atomic mass is 10.0. The molecule has 0 saturated carbocycles. The van der Waals surface area contributed by atoms with E-state index >= 15 is 0 Å². The van der Waals surface area contributed by atoms with E-state index in [2.05, 4.69) is 33.0 Å². The number of nitrogens with one attached hydrogen (secondary N) is 1. The van der Waals surface area contributed by atoms with E-state index < -0.39 is 0 Å². The summed E-state index contributed by atoms with van der Waals surface area (Å²) in [7, 11) is 0. The first kappa shape index (κ1) is 18.6. The normalized spacial score (nSPS) is 11.5. The van der Waals surface area contributed by atoms with Gasteiger partial charge < -0.3 is 5.32 Å². The summed E-state index contributed by atoms with van der Waals surface area (Å²) in [5, 5.41) is 3.18. The number of unbranched alkanes of at least 4 members (excludes halogenated alkanes) is 6. The van der Waals surface area contributed by atoms with E-state index in [4.69, 9.17) is 0 Å². The summed E-state index contributed by atoms with van der Waals surface area (Å²) in [6.07, 6.45) is 11.2. The summed E-state index contributed by atoms with van der Waals surface area (Å²) in [5.41, 5.74) is 0. The van der Waals surface area contributed by atoms with Crippen LogP contribution in [0.5, 0.6) is 0 Å². The molecule has 2 heteroatoms. The van der Waals surface area contributed by atoms with Crippen LogP contribution in [-0.4, -0.2) is 18.4 Å². The van der Waals surface area contributed by atoms with Gasteiger partial charge in [-0.15, -0.1) is 0 Å². The highest BCUT2D eigenvalue weighted by molar-refractivity contribution is 5.80. The van der Waals surface area contributed by atoms with E-state index in [1.165, 1.54) is 44.9 Å². The molecule has 0 radical (unpaired) electrons. The third-order valence-electron chi connectivity index (χ3n) is 3.44. The first-order valence-corrected chi connectivity index (χ1v) is 8.27. The van der Waals surface area contributed by atoms with Gasteiger partial charge in [0.15, 0.2) is 0 Å². The molecule has 0 spiro atoms. The Morgan fingerprint density at radius 2 is 1.37 bits per heavy atom. The molecule has 0 aromatic carbocycles. The smallest absolute Gasteiger partial charge is 0.146 e. The molecule has 0 aliphatic carbocycles. The number of carbonyl (C=O) groups excluding carboxylic acids is 1. The molecule has 0 atom stereocenters. The van der Waals surface area contributed by atoms with E-state index in [9.17, 15) is 4.79 Å². The van der Waals surface area contributed by atoms with Crippen molar-refractivity contribution in [3.05, 3.63) is 0 Å². The highest BCUT2D eigenvalue weighted by Crippen LogP contribution is 2.12. The minimum Gasteiger partial charge on any atom is -0.308 e. The van der Waals surface area contributed by atoms with E-state index in [1.807, 2.05) is 0 Å². The standard InChI is InChI=1S/C17H35NO/c1-15(2)12-10-8-6-5-7-9-11-13-17(19)14-18-16(3)4/h15-16,18H,5-14H2,1-4H3. The lowest BCUT2D eigenvalue weighted by molar-refractivity contribution is -0.118. The maximum absolute atomic E-state index is 11.5. The Balaban J connectivity index is 3.16. The molecular formula is C17H35NO. The molecule has 0 fully saturated rings. The van der Waals surface area contributed by atoms with Crippen LogP contribution in [0.2, 0.25) is 0 Å². The topological polar surface area (TPSA) is 29.1 Å². The lowest BCUT2D eigenvalue weighted by Crippen LogP contribution is -2.28. The van der Waals surface area contributed by atoms with E-state index in [0.29, 0.717) is 18.4 Å². The van der Waals surface area contributed by atoms with Crippen molar-refractivity contribution in [1.82, 2.24) is 5.32 Å². The molecule has 0 heterocycles. The lowest BCUT2D eigenvalue weighted by Gasteiger charge is -2.07. The van der Waals surface area contributed by atoms with Gasteiger partial charge in [-0.05, 0) is 12.3 Å². The largest absolute Gasteiger partial charge is 0.308 e. The average molecular weight is 269 g/mol. The predicted octanol–water partition coefficient (Wildman–Crippen LogP) is 4.72. The first-order chi connectivity index (χ1) is 9.02. The molecule has 19 heavy (non-hydrogen) atoms. The fraction of sp³-hybridized carbons (Fsp3) is 0.941. The second kappa shape index (κ2) is 12.7. The molecule has 0 unspecified atom stereocenters. The van der Waals surface area contributed by atoms with Crippen LogP contribution in [0.3, 0.4) is 0 Å². The van der Waals surface area contributed by atoms with Gasteiger partial charge in [0.1, 0.15) is 5.78 Å². The molecule has 0 bridgehead atoms. The van der Waals surface area contributed by atoms with Crippen LogP contribution in [0.4, 0.5) is 0 Å². The van der Waals surface area contributed by atoms with E-state index in [0.717, 1.165) is 18.8 Å². The molecule has 114 valence electrons. The molecule has 0 aromatic heterocycles. The molecule has 0 aliphatic rings. The van der Waals surface area contributed by atoms with Gasteiger partial charge in [0.25, 0.3) is 0 Å². The summed E-state index contributed by atoms with van der Waals surface area (Å²) < 4.78 is 0. The number of hydrogen-bond donors (Lipinski definition) is 1. The van der Waals surface area contributed by atoms with Crippen molar-refractivity contribution in [3.63, 3.8) is 0 Å². The molecule has 2 nitrogen and oxygen atoms in total. The summed E-state index contributed by atoms with van der Waals surface area (Å²) in [6, 6.07) is 0.412. The minimum atomic E-state index is 0.366. The van der Waals surface area contributed by atoms with Gasteiger partial charge in [-0.1, -0.05) is 72.6 Å². The van der Waals surface area contributed by atoms with Crippen molar-refractivity contribution in [1.29, 1.82) is 0 Å². The zero-order valence-corrected chi connectivity index (χ0v) is 13.6. The van der Waals surface area contributed by atoms with Gasteiger partial charge >= 0.3 is 0 Å². The summed E-state index contributed by atoms with van der Waals surface area (Å²) in [6.45, 7) is 9.29. The van der Waals surface area contributed by atoms with E-state index in [1.54, 1.807) is 0 Å². The Bertz CT molecular complexity index is 211. The third kappa shape index (κ3) is 15.6. The SMILES string of the molecule is CC(C)CCCCCCCCCC(=O)CNC(C)C. The molecule has 0 aliphatic heterocycles. The molecule has 0 aromatic rings. The number of rotatable bonds is 13. The minimum absolute atomic E-state index is 0.366. The summed E-state index contributed by atoms with van der Waals surface area (Å²) in [5.74, 6) is 1.22. The Hall–Kier alpha value is -0.370. The molecule has 0 rings (SSSR count). The Morgan fingerprint density at radius 1 is 0.842 bits per heavy atom. The van der Waals surface area contributed by atoms with Crippen molar-refractivity contribution in [2.75, 3.05) is 6.54 Å². The molecule has 1 N–H and O–H groups in total. The van der Waals surface area contributed by atoms with Crippen LogP contribution >= 0.6 is 0 Å². The maximum atomic E-state index is 11.5. The molecular weight excluding hydrogens is 234 g/mol. The fourth-order valence-corrected chi connectivity index (χ4v) is 2.16. The van der Waals surface area contributed by atoms with Gasteiger partial charge in [0.2, 0.25) is 0 Å². The zero-order valence-electron chi connectivity index (χ0n) is 13.6. The number of Topliss-reactive ketones (excluding diaryl/α,β-unsaturated/α-hetero) is 1. The second-order valence-corrected chi connectivity index (χ2v) is 6.48. The fourth-order valence-electron chi connectivity index (χ4n) is 2.16. The maximum Gasteiger partial charge on any atom is 0.146 e. The van der Waals surface area contributed by atoms with Crippen LogP contribution in [-0.2, 0) is 4.79 Å². The van der Waals surface area contributed by atoms with Gasteiger partial charge in [0, 0.05) is 12.5 Å². The van der Waals surface area contributed by atoms with Crippen molar-refractivity contribution < 1.29 is 4.79 Å². The Labute approximate surface area is 120 Å². The van der Waals surface area contributed by atoms with Crippen LogP contribution in [0.1, 0.15) is 85.5 Å². The van der Waals surface area contributed by atoms with Crippen molar-refractivity contribution >= 4 is 5.78 Å². The van der Waals surface area contributed by atoms with Gasteiger partial charge in [-0.3, -0.25) is 4.79 Å². The first-order valence-electron chi connectivity index (χ1n) is 8.27. The Morgan fingerprint density at radius 3 is 1.89 bits per heavy atom. The quantitative estimate of drug-likeness (QED) is 0.490. The highest BCUT2D eigenvalue weighted by Gasteiger charge is 2.02. The summed E-state index contributed by atoms with van der Waals surface area (Å²) in [4.78, 5) is 11.5. The van der Waals surface area contributed by atoms with Gasteiger partial charge in [-0.25, -0.2) is 0 Å². The molecule has 0 saturated heterocycles. The van der Waals surface area contributed by atoms with Crippen molar-refractivity contribution in [2.24, 2.45) is 5.92 Å². The molecule has 0 amide bonds. The van der Waals surface area contributed by atoms with Gasteiger partial charge in [-0.2, -0.15) is 0 Å². The van der Waals surface area contributed by atoms with Crippen molar-refractivity contribution in [3.8, 4) is 0 Å². The highest BCUT2D eigenvalue weighted by atomic mass is 16.1. The zero-order chi connectivity index (χ0) is 14.5. The van der Waals surface area contributed by atoms with Crippen LogP contribution in [0.25, 0.3) is 0 Å². The monoisotopic (exact) mass is 269 g/mol. The summed E-state index contributed by atoms with van der Waals surface area (Å²) >= 11 is 0. The van der Waals surface area contributed by atoms with E-state index in [-0.39, 0.29) is 0 Å². The van der Waals surface area contributed by atoms with Gasteiger partial charge in [0.05, 0.1) is 6.54 Å². The van der Waals surface area contributed by atoms with Crippen molar-refractivity contribution in [2.45, 2.75) is 91.5 Å². The average Bonchev–Trinajstić information content (AvgIpc) is 2.34. The Kier molecular flexibility index (Phi) is 12.4. The third-order valence-corrected chi connectivity index (χ3v) is 3.44. The second-order valence-electron chi connectivity index (χ2n) is 6.48. The van der Waals surface area contributed by atoms with Crippen LogP contribution < -0.4 is 5.32 Å². The predicted molar refractivity (Wildman–Crippen MR) is 84.5 cm³/mol. The number of carbonyl (C=O) groups is 1. The van der Waals surface area contributed by atoms with Crippen LogP contribution in [0, 0.1) is 5.92 Å². The number of ketones is 1. The van der Waals surface area contributed by atoms with Crippen LogP contribution in [0.15, 0.2) is 0 Å². The number of hydrogen-bond acceptors (Lipinski definition) is 2.